The minimum absolute atomic E-state index is 0.213. The summed E-state index contributed by atoms with van der Waals surface area (Å²) in [5.41, 5.74) is 8.52. The van der Waals surface area contributed by atoms with Gasteiger partial charge in [-0.2, -0.15) is 0 Å². The molecule has 2 rings (SSSR count). The van der Waals surface area contributed by atoms with Gasteiger partial charge in [-0.1, -0.05) is 0 Å². The normalized spacial score (nSPS) is 10.2. The van der Waals surface area contributed by atoms with Crippen molar-refractivity contribution in [1.82, 2.24) is 4.98 Å². The molecular formula is C15H17N3O2. The Kier molecular flexibility index (Phi) is 3.89. The average Bonchev–Trinajstić information content (AvgIpc) is 2.39. The van der Waals surface area contributed by atoms with Gasteiger partial charge in [0.2, 0.25) is 0 Å². The summed E-state index contributed by atoms with van der Waals surface area (Å²) >= 11 is 0. The number of carbonyl (C=O) groups excluding carboxylic acids is 1. The molecule has 0 aliphatic carbocycles. The Labute approximate surface area is 117 Å². The van der Waals surface area contributed by atoms with E-state index >= 15 is 0 Å². The van der Waals surface area contributed by atoms with E-state index in [0.29, 0.717) is 17.1 Å². The van der Waals surface area contributed by atoms with Crippen LogP contribution in [0.5, 0.6) is 5.75 Å². The number of hydrogen-bond acceptors (Lipinski definition) is 4. The highest BCUT2D eigenvalue weighted by molar-refractivity contribution is 6.05. The van der Waals surface area contributed by atoms with E-state index in [1.807, 2.05) is 19.1 Å². The molecule has 5 nitrogen and oxygen atoms in total. The Bertz CT molecular complexity index is 633. The smallest absolute Gasteiger partial charge is 0.255 e. The molecule has 1 aromatic heterocycles. The monoisotopic (exact) mass is 271 g/mol. The van der Waals surface area contributed by atoms with Gasteiger partial charge in [0.1, 0.15) is 11.6 Å². The van der Waals surface area contributed by atoms with Gasteiger partial charge in [0.05, 0.1) is 7.11 Å². The molecule has 0 aliphatic heterocycles. The molecule has 104 valence electrons. The number of ether oxygens (including phenoxy) is 1. The Morgan fingerprint density at radius 2 is 2.00 bits per heavy atom. The van der Waals surface area contributed by atoms with E-state index in [-0.39, 0.29) is 5.91 Å². The molecule has 0 bridgehead atoms. The minimum Gasteiger partial charge on any atom is -0.497 e. The first-order valence-corrected chi connectivity index (χ1v) is 6.20. The number of rotatable bonds is 3. The first-order valence-electron chi connectivity index (χ1n) is 6.20. The molecule has 20 heavy (non-hydrogen) atoms. The first kappa shape index (κ1) is 13.9. The van der Waals surface area contributed by atoms with Crippen LogP contribution in [0, 0.1) is 13.8 Å². The van der Waals surface area contributed by atoms with Crippen LogP contribution in [0.2, 0.25) is 0 Å². The second-order valence-corrected chi connectivity index (χ2v) is 4.56. The van der Waals surface area contributed by atoms with Gasteiger partial charge in [-0.05, 0) is 49.7 Å². The van der Waals surface area contributed by atoms with Crippen LogP contribution >= 0.6 is 0 Å². The molecule has 0 fully saturated rings. The van der Waals surface area contributed by atoms with E-state index in [1.165, 1.54) is 0 Å². The molecule has 5 heteroatoms. The summed E-state index contributed by atoms with van der Waals surface area (Å²) in [5, 5.41) is 2.85. The van der Waals surface area contributed by atoms with E-state index in [2.05, 4.69) is 10.3 Å². The van der Waals surface area contributed by atoms with Crippen molar-refractivity contribution < 1.29 is 9.53 Å². The molecular weight excluding hydrogens is 254 g/mol. The highest BCUT2D eigenvalue weighted by atomic mass is 16.5. The Hall–Kier alpha value is -2.56. The van der Waals surface area contributed by atoms with E-state index in [9.17, 15) is 4.79 Å². The zero-order valence-corrected chi connectivity index (χ0v) is 11.7. The van der Waals surface area contributed by atoms with Crippen LogP contribution in [0.15, 0.2) is 30.3 Å². The predicted molar refractivity (Wildman–Crippen MR) is 79.1 cm³/mol. The van der Waals surface area contributed by atoms with Gasteiger partial charge in [-0.15, -0.1) is 0 Å². The second-order valence-electron chi connectivity index (χ2n) is 4.56. The number of hydrogen-bond donors (Lipinski definition) is 2. The van der Waals surface area contributed by atoms with Gasteiger partial charge < -0.3 is 15.8 Å². The highest BCUT2D eigenvalue weighted by Gasteiger charge is 2.10. The van der Waals surface area contributed by atoms with Crippen LogP contribution in [-0.4, -0.2) is 18.0 Å². The summed E-state index contributed by atoms with van der Waals surface area (Å²) in [6, 6.07) is 8.73. The van der Waals surface area contributed by atoms with Gasteiger partial charge in [0, 0.05) is 16.9 Å². The third-order valence-corrected chi connectivity index (χ3v) is 2.92. The quantitative estimate of drug-likeness (QED) is 0.899. The van der Waals surface area contributed by atoms with E-state index in [0.717, 1.165) is 17.0 Å². The number of pyridine rings is 1. The fourth-order valence-electron chi connectivity index (χ4n) is 1.92. The largest absolute Gasteiger partial charge is 0.497 e. The van der Waals surface area contributed by atoms with Crippen LogP contribution in [-0.2, 0) is 0 Å². The van der Waals surface area contributed by atoms with Crippen LogP contribution in [0.25, 0.3) is 0 Å². The lowest BCUT2D eigenvalue weighted by atomic mass is 10.1. The number of benzene rings is 1. The van der Waals surface area contributed by atoms with Gasteiger partial charge in [-0.25, -0.2) is 4.98 Å². The van der Waals surface area contributed by atoms with E-state index in [4.69, 9.17) is 10.5 Å². The predicted octanol–water partition coefficient (Wildman–Crippen LogP) is 2.54. The van der Waals surface area contributed by atoms with E-state index in [1.54, 1.807) is 32.2 Å². The zero-order chi connectivity index (χ0) is 14.7. The van der Waals surface area contributed by atoms with E-state index < -0.39 is 0 Å². The zero-order valence-electron chi connectivity index (χ0n) is 11.7. The summed E-state index contributed by atoms with van der Waals surface area (Å²) < 4.78 is 5.13. The standard InChI is InChI=1S/C15H17N3O2/c1-9-6-12(20-3)4-5-13(9)18-15(19)11-7-10(2)17-14(16)8-11/h4-8H,1-3H3,(H2,16,17)(H,18,19). The molecule has 0 aliphatic rings. The number of amides is 1. The van der Waals surface area contributed by atoms with Gasteiger partial charge in [0.15, 0.2) is 0 Å². The molecule has 1 aromatic carbocycles. The maximum atomic E-state index is 12.2. The molecule has 0 spiro atoms. The molecule has 3 N–H and O–H groups in total. The number of methoxy groups -OCH3 is 1. The number of aromatic nitrogens is 1. The van der Waals surface area contributed by atoms with Crippen molar-refractivity contribution in [2.24, 2.45) is 0 Å². The van der Waals surface area contributed by atoms with Crippen LogP contribution in [0.1, 0.15) is 21.6 Å². The van der Waals surface area contributed by atoms with Crippen LogP contribution < -0.4 is 15.8 Å². The number of nitrogens with two attached hydrogens (primary N) is 1. The molecule has 0 unspecified atom stereocenters. The summed E-state index contributed by atoms with van der Waals surface area (Å²) in [6.07, 6.45) is 0. The van der Waals surface area contributed by atoms with Crippen LogP contribution in [0.3, 0.4) is 0 Å². The average molecular weight is 271 g/mol. The molecule has 0 saturated heterocycles. The van der Waals surface area contributed by atoms with Crippen molar-refractivity contribution in [3.63, 3.8) is 0 Å². The van der Waals surface area contributed by atoms with Crippen molar-refractivity contribution in [3.8, 4) is 5.75 Å². The lowest BCUT2D eigenvalue weighted by Crippen LogP contribution is -2.14. The molecule has 2 aromatic rings. The molecule has 0 atom stereocenters. The highest BCUT2D eigenvalue weighted by Crippen LogP contribution is 2.21. The lowest BCUT2D eigenvalue weighted by molar-refractivity contribution is 0.102. The molecule has 1 heterocycles. The maximum Gasteiger partial charge on any atom is 0.255 e. The number of nitrogens with zero attached hydrogens (tertiary/aromatic N) is 1. The van der Waals surface area contributed by atoms with Crippen molar-refractivity contribution in [2.45, 2.75) is 13.8 Å². The van der Waals surface area contributed by atoms with Gasteiger partial charge in [-0.3, -0.25) is 4.79 Å². The Morgan fingerprint density at radius 3 is 2.60 bits per heavy atom. The summed E-state index contributed by atoms with van der Waals surface area (Å²) in [7, 11) is 1.61. The van der Waals surface area contributed by atoms with Crippen molar-refractivity contribution in [2.75, 3.05) is 18.2 Å². The molecule has 0 radical (unpaired) electrons. The fraction of sp³-hybridized carbons (Fsp3) is 0.200. The Morgan fingerprint density at radius 1 is 1.25 bits per heavy atom. The first-order chi connectivity index (χ1) is 9.49. The number of anilines is 2. The van der Waals surface area contributed by atoms with Crippen molar-refractivity contribution in [1.29, 1.82) is 0 Å². The lowest BCUT2D eigenvalue weighted by Gasteiger charge is -2.10. The molecule has 0 saturated carbocycles. The van der Waals surface area contributed by atoms with Crippen LogP contribution in [0.4, 0.5) is 11.5 Å². The second kappa shape index (κ2) is 5.61. The number of nitrogen functional groups attached to an aromatic ring is 1. The third-order valence-electron chi connectivity index (χ3n) is 2.92. The summed E-state index contributed by atoms with van der Waals surface area (Å²) in [6.45, 7) is 3.70. The van der Waals surface area contributed by atoms with Gasteiger partial charge >= 0.3 is 0 Å². The van der Waals surface area contributed by atoms with Crippen molar-refractivity contribution in [3.05, 3.63) is 47.2 Å². The molecule has 1 amide bonds. The Balaban J connectivity index is 2.23. The number of nitrogens with one attached hydrogen (secondary N) is 1. The van der Waals surface area contributed by atoms with Crippen molar-refractivity contribution >= 4 is 17.4 Å². The minimum atomic E-state index is -0.213. The maximum absolute atomic E-state index is 12.2. The summed E-state index contributed by atoms with van der Waals surface area (Å²) in [4.78, 5) is 16.2. The third kappa shape index (κ3) is 3.06. The number of aryl methyl sites for hydroxylation is 2. The SMILES string of the molecule is COc1ccc(NC(=O)c2cc(C)nc(N)c2)c(C)c1. The fourth-order valence-corrected chi connectivity index (χ4v) is 1.92. The van der Waals surface area contributed by atoms with Gasteiger partial charge in [0.25, 0.3) is 5.91 Å². The number of carbonyl (C=O) groups is 1. The topological polar surface area (TPSA) is 77.2 Å². The summed E-state index contributed by atoms with van der Waals surface area (Å²) in [5.74, 6) is 0.876.